The molecule has 0 atom stereocenters. The number of aryl methyl sites for hydroxylation is 2. The van der Waals surface area contributed by atoms with Crippen LogP contribution in [-0.2, 0) is 0 Å². The van der Waals surface area contributed by atoms with E-state index in [-0.39, 0.29) is 5.75 Å². The van der Waals surface area contributed by atoms with Crippen LogP contribution < -0.4 is 4.74 Å². The third kappa shape index (κ3) is 2.61. The molecule has 2 rings (SSSR count). The Kier molecular flexibility index (Phi) is 3.38. The van der Waals surface area contributed by atoms with Gasteiger partial charge in [-0.25, -0.2) is 0 Å². The molecule has 0 aromatic heterocycles. The lowest BCUT2D eigenvalue weighted by Crippen LogP contribution is -1.90. The van der Waals surface area contributed by atoms with Gasteiger partial charge in [-0.05, 0) is 59.1 Å². The summed E-state index contributed by atoms with van der Waals surface area (Å²) < 4.78 is 6.62. The molecule has 0 aliphatic rings. The zero-order chi connectivity index (χ0) is 12.4. The number of ether oxygens (including phenoxy) is 1. The highest BCUT2D eigenvalue weighted by molar-refractivity contribution is 9.10. The van der Waals surface area contributed by atoms with Crippen LogP contribution >= 0.6 is 15.9 Å². The van der Waals surface area contributed by atoms with E-state index in [1.807, 2.05) is 32.0 Å². The summed E-state index contributed by atoms with van der Waals surface area (Å²) in [5, 5.41) is 9.67. The molecule has 0 heterocycles. The number of hydrogen-bond acceptors (Lipinski definition) is 2. The number of benzene rings is 2. The summed E-state index contributed by atoms with van der Waals surface area (Å²) in [4.78, 5) is 0. The summed E-state index contributed by atoms with van der Waals surface area (Å²) >= 11 is 3.47. The lowest BCUT2D eigenvalue weighted by atomic mass is 10.1. The fourth-order valence-corrected chi connectivity index (χ4v) is 2.44. The van der Waals surface area contributed by atoms with Gasteiger partial charge in [0.2, 0.25) is 0 Å². The molecule has 1 N–H and O–H groups in total. The molecule has 3 heteroatoms. The van der Waals surface area contributed by atoms with Gasteiger partial charge in [0.05, 0.1) is 4.47 Å². The summed E-state index contributed by atoms with van der Waals surface area (Å²) in [6, 6.07) is 11.0. The summed E-state index contributed by atoms with van der Waals surface area (Å²) in [7, 11) is 0. The molecular formula is C14H13BrO2. The van der Waals surface area contributed by atoms with E-state index in [0.29, 0.717) is 5.75 Å². The van der Waals surface area contributed by atoms with Crippen LogP contribution in [0.15, 0.2) is 40.9 Å². The highest BCUT2D eigenvalue weighted by Crippen LogP contribution is 2.37. The van der Waals surface area contributed by atoms with Crippen LogP contribution in [0, 0.1) is 13.8 Å². The number of hydrogen-bond donors (Lipinski definition) is 1. The minimum absolute atomic E-state index is 0.138. The van der Waals surface area contributed by atoms with Gasteiger partial charge in [0.15, 0.2) is 11.5 Å². The largest absolute Gasteiger partial charge is 0.504 e. The van der Waals surface area contributed by atoms with Crippen molar-refractivity contribution in [3.8, 4) is 17.2 Å². The maximum absolute atomic E-state index is 9.67. The first-order valence-electron chi connectivity index (χ1n) is 5.30. The van der Waals surface area contributed by atoms with Crippen LogP contribution in [0.2, 0.25) is 0 Å². The molecule has 0 radical (unpaired) electrons. The molecular weight excluding hydrogens is 280 g/mol. The number of para-hydroxylation sites is 2. The Morgan fingerprint density at radius 3 is 2.47 bits per heavy atom. The first kappa shape index (κ1) is 12.0. The van der Waals surface area contributed by atoms with Crippen molar-refractivity contribution in [2.45, 2.75) is 13.8 Å². The van der Waals surface area contributed by atoms with Gasteiger partial charge >= 0.3 is 0 Å². The molecule has 2 aromatic carbocycles. The summed E-state index contributed by atoms with van der Waals surface area (Å²) in [5.74, 6) is 1.33. The quantitative estimate of drug-likeness (QED) is 0.879. The van der Waals surface area contributed by atoms with E-state index in [4.69, 9.17) is 4.74 Å². The summed E-state index contributed by atoms with van der Waals surface area (Å²) in [6.45, 7) is 4.01. The number of rotatable bonds is 2. The number of phenolic OH excluding ortho intramolecular Hbond substituents is 1. The van der Waals surface area contributed by atoms with Gasteiger partial charge in [-0.1, -0.05) is 18.2 Å². The van der Waals surface area contributed by atoms with Gasteiger partial charge in [0.1, 0.15) is 5.75 Å². The van der Waals surface area contributed by atoms with Crippen molar-refractivity contribution >= 4 is 15.9 Å². The van der Waals surface area contributed by atoms with Crippen LogP contribution in [0.5, 0.6) is 17.2 Å². The Balaban J connectivity index is 2.40. The summed E-state index contributed by atoms with van der Waals surface area (Å²) in [5.41, 5.74) is 2.19. The molecule has 0 saturated carbocycles. The van der Waals surface area contributed by atoms with Gasteiger partial charge < -0.3 is 9.84 Å². The second-order valence-corrected chi connectivity index (χ2v) is 4.82. The van der Waals surface area contributed by atoms with Crippen molar-refractivity contribution in [3.05, 3.63) is 52.0 Å². The van der Waals surface area contributed by atoms with Crippen LogP contribution in [0.4, 0.5) is 0 Å². The van der Waals surface area contributed by atoms with Gasteiger partial charge in [-0.3, -0.25) is 0 Å². The molecule has 0 spiro atoms. The van der Waals surface area contributed by atoms with E-state index in [0.717, 1.165) is 15.8 Å². The van der Waals surface area contributed by atoms with Crippen molar-refractivity contribution < 1.29 is 9.84 Å². The number of aromatic hydroxyl groups is 1. The molecule has 88 valence electrons. The third-order valence-electron chi connectivity index (χ3n) is 2.45. The van der Waals surface area contributed by atoms with Crippen molar-refractivity contribution in [3.63, 3.8) is 0 Å². The minimum atomic E-state index is 0.138. The van der Waals surface area contributed by atoms with E-state index >= 15 is 0 Å². The fraction of sp³-hybridized carbons (Fsp3) is 0.143. The fourth-order valence-electron chi connectivity index (χ4n) is 1.69. The number of halogens is 1. The average molecular weight is 293 g/mol. The van der Waals surface area contributed by atoms with E-state index in [1.165, 1.54) is 5.56 Å². The first-order chi connectivity index (χ1) is 8.08. The van der Waals surface area contributed by atoms with Crippen LogP contribution in [0.3, 0.4) is 0 Å². The van der Waals surface area contributed by atoms with Crippen molar-refractivity contribution in [1.29, 1.82) is 0 Å². The average Bonchev–Trinajstić information content (AvgIpc) is 2.25. The van der Waals surface area contributed by atoms with Crippen LogP contribution in [0.25, 0.3) is 0 Å². The Bertz CT molecular complexity index is 527. The van der Waals surface area contributed by atoms with E-state index in [9.17, 15) is 5.11 Å². The SMILES string of the molecule is Cc1cc(C)c(Oc2ccccc2O)c(Br)c1. The molecule has 0 saturated heterocycles. The second kappa shape index (κ2) is 4.80. The normalized spacial score (nSPS) is 10.3. The lowest BCUT2D eigenvalue weighted by molar-refractivity contribution is 0.408. The summed E-state index contributed by atoms with van der Waals surface area (Å²) in [6.07, 6.45) is 0. The lowest BCUT2D eigenvalue weighted by Gasteiger charge is -2.12. The van der Waals surface area contributed by atoms with Crippen LogP contribution in [-0.4, -0.2) is 5.11 Å². The molecule has 0 bridgehead atoms. The van der Waals surface area contributed by atoms with Gasteiger partial charge in [-0.15, -0.1) is 0 Å². The maximum Gasteiger partial charge on any atom is 0.169 e. The zero-order valence-corrected chi connectivity index (χ0v) is 11.3. The molecule has 0 aliphatic carbocycles. The van der Waals surface area contributed by atoms with Crippen molar-refractivity contribution in [2.75, 3.05) is 0 Å². The van der Waals surface area contributed by atoms with Gasteiger partial charge in [0.25, 0.3) is 0 Å². The van der Waals surface area contributed by atoms with E-state index < -0.39 is 0 Å². The molecule has 2 aromatic rings. The first-order valence-corrected chi connectivity index (χ1v) is 6.10. The minimum Gasteiger partial charge on any atom is -0.504 e. The Morgan fingerprint density at radius 1 is 1.12 bits per heavy atom. The molecule has 0 amide bonds. The van der Waals surface area contributed by atoms with Crippen molar-refractivity contribution in [2.24, 2.45) is 0 Å². The van der Waals surface area contributed by atoms with Crippen molar-refractivity contribution in [1.82, 2.24) is 0 Å². The monoisotopic (exact) mass is 292 g/mol. The molecule has 0 aliphatic heterocycles. The molecule has 17 heavy (non-hydrogen) atoms. The maximum atomic E-state index is 9.67. The third-order valence-corrected chi connectivity index (χ3v) is 3.04. The smallest absolute Gasteiger partial charge is 0.169 e. The Morgan fingerprint density at radius 2 is 1.82 bits per heavy atom. The zero-order valence-electron chi connectivity index (χ0n) is 9.70. The molecule has 0 fully saturated rings. The second-order valence-electron chi connectivity index (χ2n) is 3.96. The number of phenols is 1. The Labute approximate surface area is 109 Å². The topological polar surface area (TPSA) is 29.5 Å². The Hall–Kier alpha value is -1.48. The molecule has 2 nitrogen and oxygen atoms in total. The standard InChI is InChI=1S/C14H13BrO2/c1-9-7-10(2)14(11(15)8-9)17-13-6-4-3-5-12(13)16/h3-8,16H,1-2H3. The van der Waals surface area contributed by atoms with Crippen LogP contribution in [0.1, 0.15) is 11.1 Å². The predicted octanol–water partition coefficient (Wildman–Crippen LogP) is 4.56. The van der Waals surface area contributed by atoms with E-state index in [1.54, 1.807) is 18.2 Å². The van der Waals surface area contributed by atoms with Gasteiger partial charge in [-0.2, -0.15) is 0 Å². The molecule has 0 unspecified atom stereocenters. The predicted molar refractivity (Wildman–Crippen MR) is 71.8 cm³/mol. The highest BCUT2D eigenvalue weighted by Gasteiger charge is 2.09. The highest BCUT2D eigenvalue weighted by atomic mass is 79.9. The van der Waals surface area contributed by atoms with E-state index in [2.05, 4.69) is 15.9 Å². The van der Waals surface area contributed by atoms with Gasteiger partial charge in [0, 0.05) is 0 Å².